The Morgan fingerprint density at radius 2 is 1.00 bits per heavy atom. The molecule has 25 heavy (non-hydrogen) atoms. The quantitative estimate of drug-likeness (QED) is 0.211. The maximum Gasteiger partial charge on any atom is 2.00 e. The normalized spacial score (nSPS) is 9.64. The van der Waals surface area contributed by atoms with Crippen molar-refractivity contribution in [3.63, 3.8) is 0 Å². The van der Waals surface area contributed by atoms with Crippen molar-refractivity contribution in [3.05, 3.63) is 7.43 Å². The summed E-state index contributed by atoms with van der Waals surface area (Å²) in [5.74, 6) is 0.557. The van der Waals surface area contributed by atoms with Crippen LogP contribution in [0.3, 0.4) is 0 Å². The minimum atomic E-state index is 0. The van der Waals surface area contributed by atoms with Crippen molar-refractivity contribution < 1.29 is 49.5 Å². The molecule has 0 rings (SSSR count). The molecule has 0 aromatic carbocycles. The molecule has 0 aliphatic rings. The Labute approximate surface area is 169 Å². The van der Waals surface area contributed by atoms with Gasteiger partial charge in [0, 0.05) is 13.2 Å². The Balaban J connectivity index is -0.000000530. The molecule has 0 radical (unpaired) electrons. The van der Waals surface area contributed by atoms with Crippen molar-refractivity contribution in [2.24, 2.45) is 5.92 Å². The van der Waals surface area contributed by atoms with Crippen LogP contribution < -0.4 is 0 Å². The molecule has 7 heteroatoms. The van der Waals surface area contributed by atoms with E-state index in [0.29, 0.717) is 71.8 Å². The molecule has 0 aliphatic carbocycles. The van der Waals surface area contributed by atoms with Gasteiger partial charge < -0.3 is 35.9 Å². The second-order valence-electron chi connectivity index (χ2n) is 4.81. The third-order valence-corrected chi connectivity index (χ3v) is 2.29. The van der Waals surface area contributed by atoms with E-state index in [9.17, 15) is 4.79 Å². The molecule has 0 amide bonds. The van der Waals surface area contributed by atoms with E-state index >= 15 is 0 Å². The summed E-state index contributed by atoms with van der Waals surface area (Å²) in [4.78, 5) is 9.90. The zero-order valence-electron chi connectivity index (χ0n) is 16.7. The Morgan fingerprint density at radius 1 is 0.680 bits per heavy atom. The summed E-state index contributed by atoms with van der Waals surface area (Å²) < 4.78 is 26.5. The smallest absolute Gasteiger partial charge is 0.542 e. The average molecular weight is 534 g/mol. The molecule has 152 valence electrons. The fraction of sp³-hybridized carbons (Fsp3) is 0.889. The molecule has 0 saturated heterocycles. The second kappa shape index (κ2) is 31.9. The summed E-state index contributed by atoms with van der Waals surface area (Å²) in [5, 5.41) is 0. The van der Waals surface area contributed by atoms with Gasteiger partial charge in [0.15, 0.2) is 0 Å². The summed E-state index contributed by atoms with van der Waals surface area (Å²) >= 11 is 0. The van der Waals surface area contributed by atoms with Gasteiger partial charge in [-0.3, -0.25) is 6.29 Å². The average Bonchev–Trinajstić information content (AvgIpc) is 2.56. The van der Waals surface area contributed by atoms with Gasteiger partial charge in [-0.05, 0) is 5.92 Å². The predicted molar refractivity (Wildman–Crippen MR) is 97.0 cm³/mol. The van der Waals surface area contributed by atoms with Crippen molar-refractivity contribution in [3.8, 4) is 0 Å². The van der Waals surface area contributed by atoms with Crippen molar-refractivity contribution in [2.45, 2.75) is 34.1 Å². The Hall–Kier alpha value is 0.158. The molecule has 0 aromatic rings. The van der Waals surface area contributed by atoms with Gasteiger partial charge in [-0.25, -0.2) is 0 Å². The predicted octanol–water partition coefficient (Wildman–Crippen LogP) is 2.70. The van der Waals surface area contributed by atoms with Crippen LogP contribution in [0, 0.1) is 13.3 Å². The molecule has 0 aliphatic heterocycles. The third kappa shape index (κ3) is 36.0. The van der Waals surface area contributed by atoms with E-state index in [1.807, 2.05) is 13.8 Å². The molecule has 0 bridgehead atoms. The SMILES string of the molecule is CC.CC(C)COCCOCCOCCOCCOCC[C-]=O.[CH3-].[W+2]. The second-order valence-corrected chi connectivity index (χ2v) is 4.81. The monoisotopic (exact) mass is 534 g/mol. The van der Waals surface area contributed by atoms with Crippen molar-refractivity contribution in [2.75, 3.05) is 66.1 Å². The molecule has 0 atom stereocenters. The fourth-order valence-corrected chi connectivity index (χ4v) is 1.31. The summed E-state index contributed by atoms with van der Waals surface area (Å²) in [5.41, 5.74) is 0. The Kier molecular flexibility index (Phi) is 41.8. The Bertz CT molecular complexity index is 218. The van der Waals surface area contributed by atoms with Crippen LogP contribution in [0.5, 0.6) is 0 Å². The maximum absolute atomic E-state index is 9.90. The van der Waals surface area contributed by atoms with E-state index in [0.717, 1.165) is 6.61 Å². The number of hydrogen-bond acceptors (Lipinski definition) is 6. The van der Waals surface area contributed by atoms with E-state index in [1.165, 1.54) is 0 Å². The van der Waals surface area contributed by atoms with Gasteiger partial charge in [0.05, 0.1) is 52.9 Å². The van der Waals surface area contributed by atoms with Crippen LogP contribution in [0.25, 0.3) is 0 Å². The van der Waals surface area contributed by atoms with E-state index in [2.05, 4.69) is 13.8 Å². The van der Waals surface area contributed by atoms with Gasteiger partial charge in [-0.15, -0.1) is 6.42 Å². The van der Waals surface area contributed by atoms with Gasteiger partial charge in [-0.2, -0.15) is 0 Å². The topological polar surface area (TPSA) is 63.2 Å². The van der Waals surface area contributed by atoms with Crippen molar-refractivity contribution in [1.82, 2.24) is 0 Å². The number of rotatable bonds is 17. The van der Waals surface area contributed by atoms with Gasteiger partial charge in [0.2, 0.25) is 0 Å². The van der Waals surface area contributed by atoms with E-state index in [1.54, 1.807) is 6.29 Å². The first-order valence-corrected chi connectivity index (χ1v) is 8.51. The minimum absolute atomic E-state index is 0. The van der Waals surface area contributed by atoms with E-state index < -0.39 is 0 Å². The van der Waals surface area contributed by atoms with Crippen LogP contribution in [-0.4, -0.2) is 72.4 Å². The first-order chi connectivity index (χ1) is 11.3. The van der Waals surface area contributed by atoms with E-state index in [4.69, 9.17) is 23.7 Å². The molecule has 0 aromatic heterocycles. The van der Waals surface area contributed by atoms with Crippen molar-refractivity contribution >= 4 is 6.29 Å². The van der Waals surface area contributed by atoms with Crippen molar-refractivity contribution in [1.29, 1.82) is 0 Å². The molecule has 0 saturated carbocycles. The Morgan fingerprint density at radius 3 is 1.32 bits per heavy atom. The number of carbonyl (C=O) groups excluding carboxylic acids is 1. The molecule has 0 unspecified atom stereocenters. The fourth-order valence-electron chi connectivity index (χ4n) is 1.31. The van der Waals surface area contributed by atoms with Gasteiger partial charge in [0.25, 0.3) is 0 Å². The van der Waals surface area contributed by atoms with E-state index in [-0.39, 0.29) is 28.5 Å². The van der Waals surface area contributed by atoms with Gasteiger partial charge in [0.1, 0.15) is 0 Å². The number of ether oxygens (including phenoxy) is 5. The van der Waals surface area contributed by atoms with Crippen LogP contribution >= 0.6 is 0 Å². The molecule has 0 heterocycles. The van der Waals surface area contributed by atoms with Gasteiger partial charge >= 0.3 is 21.1 Å². The third-order valence-electron chi connectivity index (χ3n) is 2.29. The molecule has 0 spiro atoms. The van der Waals surface area contributed by atoms with Crippen LogP contribution in [0.1, 0.15) is 34.1 Å². The summed E-state index contributed by atoms with van der Waals surface area (Å²) in [6.07, 6.45) is 2.07. The van der Waals surface area contributed by atoms with Crippen LogP contribution in [0.15, 0.2) is 0 Å². The summed E-state index contributed by atoms with van der Waals surface area (Å²) in [7, 11) is 0. The molecular formula is C18H38O6W. The molecule has 0 N–H and O–H groups in total. The minimum Gasteiger partial charge on any atom is -0.542 e. The molecular weight excluding hydrogens is 496 g/mol. The van der Waals surface area contributed by atoms with Crippen LogP contribution in [0.4, 0.5) is 0 Å². The zero-order chi connectivity index (χ0) is 17.6. The maximum atomic E-state index is 9.90. The summed E-state index contributed by atoms with van der Waals surface area (Å²) in [6.45, 7) is 13.8. The molecule has 0 fully saturated rings. The standard InChI is InChI=1S/C15H29O6.C2H6.CH3.W/c1-15(2)14-21-13-12-20-11-10-19-9-8-18-7-6-17-5-3-4-16;1-2;;/h15H,3,5-14H2,1-2H3;1-2H3;1H3;/q-1;;-1;+2. The zero-order valence-corrected chi connectivity index (χ0v) is 19.6. The first kappa shape index (κ1) is 32.8. The number of hydrogen-bond donors (Lipinski definition) is 0. The van der Waals surface area contributed by atoms with Crippen LogP contribution in [0.2, 0.25) is 0 Å². The van der Waals surface area contributed by atoms with Gasteiger partial charge in [-0.1, -0.05) is 27.7 Å². The summed E-state index contributed by atoms with van der Waals surface area (Å²) in [6, 6.07) is 0. The largest absolute Gasteiger partial charge is 2.00 e. The first-order valence-electron chi connectivity index (χ1n) is 8.51. The molecule has 6 nitrogen and oxygen atoms in total. The van der Waals surface area contributed by atoms with Crippen LogP contribution in [-0.2, 0) is 49.5 Å².